The molecule has 0 bridgehead atoms. The van der Waals surface area contributed by atoms with Gasteiger partial charge in [0.25, 0.3) is 0 Å². The number of hydrogen-bond donors (Lipinski definition) is 2. The van der Waals surface area contributed by atoms with Gasteiger partial charge in [-0.3, -0.25) is 24.4 Å². The second kappa shape index (κ2) is 13.3. The number of hydrogen-bond acceptors (Lipinski definition) is 11. The molecule has 2 aromatic heterocycles. The van der Waals surface area contributed by atoms with Crippen LogP contribution in [0.4, 0.5) is 10.8 Å². The zero-order valence-electron chi connectivity index (χ0n) is 20.6. The predicted molar refractivity (Wildman–Crippen MR) is 142 cm³/mol. The molecule has 0 radical (unpaired) electrons. The fraction of sp³-hybridized carbons (Fsp3) is 0.391. The maximum Gasteiger partial charge on any atom is 0.308 e. The lowest BCUT2D eigenvalue weighted by Gasteiger charge is -2.19. The van der Waals surface area contributed by atoms with Crippen molar-refractivity contribution in [2.24, 2.45) is 15.2 Å². The van der Waals surface area contributed by atoms with Gasteiger partial charge < -0.3 is 9.47 Å². The molecule has 0 atom stereocenters. The Morgan fingerprint density at radius 2 is 2.00 bits per heavy atom. The third-order valence-corrected chi connectivity index (χ3v) is 5.90. The molecule has 11 nitrogen and oxygen atoms in total. The first-order chi connectivity index (χ1) is 17.3. The Balaban J connectivity index is 1.62. The van der Waals surface area contributed by atoms with E-state index in [1.54, 1.807) is 18.6 Å². The molecule has 36 heavy (non-hydrogen) atoms. The first kappa shape index (κ1) is 27.5. The van der Waals surface area contributed by atoms with E-state index >= 15 is 0 Å². The predicted octanol–water partition coefficient (Wildman–Crippen LogP) is 4.54. The van der Waals surface area contributed by atoms with Crippen molar-refractivity contribution in [2.75, 3.05) is 26.8 Å². The first-order valence-corrected chi connectivity index (χ1v) is 12.9. The summed E-state index contributed by atoms with van der Waals surface area (Å²) < 4.78 is 15.2. The maximum atomic E-state index is 13.2. The third kappa shape index (κ3) is 8.22. The summed E-state index contributed by atoms with van der Waals surface area (Å²) in [5, 5.41) is 14.0. The van der Waals surface area contributed by atoms with Crippen molar-refractivity contribution in [3.05, 3.63) is 52.3 Å². The fourth-order valence-electron chi connectivity index (χ4n) is 2.89. The molecule has 0 saturated heterocycles. The quantitative estimate of drug-likeness (QED) is 0.0979. The number of rotatable bonds is 10. The minimum absolute atomic E-state index is 0.156. The summed E-state index contributed by atoms with van der Waals surface area (Å²) in [6, 6.07) is 9.40. The van der Waals surface area contributed by atoms with Crippen LogP contribution in [0.5, 0.6) is 0 Å². The van der Waals surface area contributed by atoms with Crippen LogP contribution in [0.2, 0.25) is 0 Å². The molecule has 192 valence electrons. The number of azo groups is 1. The van der Waals surface area contributed by atoms with E-state index in [0.29, 0.717) is 29.1 Å². The normalized spacial score (nSPS) is 12.4. The average Bonchev–Trinajstić information content (AvgIpc) is 3.47. The number of carbonyl (C=O) groups excluding carboxylic acids is 1. The largest absolute Gasteiger partial charge is 0.460 e. The van der Waals surface area contributed by atoms with Crippen molar-refractivity contribution in [3.8, 4) is 11.3 Å². The summed E-state index contributed by atoms with van der Waals surface area (Å²) >= 11 is 2.50. The summed E-state index contributed by atoms with van der Waals surface area (Å²) in [6.07, 6.45) is 1.81. The van der Waals surface area contributed by atoms with Crippen LogP contribution in [0.25, 0.3) is 11.3 Å². The van der Waals surface area contributed by atoms with E-state index in [0.717, 1.165) is 5.56 Å². The SMILES string of the molecule is CN=C(SNCCOCCC(=O)OC(C)(C)C)n1[nH]c(-c2ccccc2)c(N=Nc2nccs2)c1=O. The van der Waals surface area contributed by atoms with E-state index in [1.165, 1.54) is 28.0 Å². The zero-order chi connectivity index (χ0) is 26.0. The van der Waals surface area contributed by atoms with E-state index in [9.17, 15) is 9.59 Å². The molecule has 0 spiro atoms. The van der Waals surface area contributed by atoms with Crippen molar-refractivity contribution in [2.45, 2.75) is 32.8 Å². The second-order valence-electron chi connectivity index (χ2n) is 8.31. The van der Waals surface area contributed by atoms with Gasteiger partial charge in [-0.2, -0.15) is 4.68 Å². The summed E-state index contributed by atoms with van der Waals surface area (Å²) in [6.45, 7) is 6.57. The smallest absolute Gasteiger partial charge is 0.308 e. The van der Waals surface area contributed by atoms with E-state index < -0.39 is 11.2 Å². The molecule has 3 rings (SSSR count). The Hall–Kier alpha value is -3.13. The molecule has 0 amide bonds. The number of nitrogens with one attached hydrogen (secondary N) is 2. The van der Waals surface area contributed by atoms with Gasteiger partial charge in [0.2, 0.25) is 10.3 Å². The highest BCUT2D eigenvalue weighted by Crippen LogP contribution is 2.28. The monoisotopic (exact) mass is 531 g/mol. The minimum atomic E-state index is -0.510. The fourth-order valence-corrected chi connectivity index (χ4v) is 3.97. The lowest BCUT2D eigenvalue weighted by atomic mass is 10.1. The van der Waals surface area contributed by atoms with Gasteiger partial charge in [0, 0.05) is 30.7 Å². The maximum absolute atomic E-state index is 13.2. The molecule has 0 aliphatic carbocycles. The van der Waals surface area contributed by atoms with Crippen molar-refractivity contribution in [1.29, 1.82) is 0 Å². The first-order valence-electron chi connectivity index (χ1n) is 11.2. The molecule has 1 aromatic carbocycles. The number of ether oxygens (including phenoxy) is 2. The summed E-state index contributed by atoms with van der Waals surface area (Å²) in [4.78, 5) is 33.3. The van der Waals surface area contributed by atoms with Crippen LogP contribution in [0.1, 0.15) is 27.2 Å². The highest BCUT2D eigenvalue weighted by molar-refractivity contribution is 8.12. The Labute approximate surface area is 217 Å². The molecule has 2 heterocycles. The van der Waals surface area contributed by atoms with Gasteiger partial charge in [-0.15, -0.1) is 21.6 Å². The second-order valence-corrected chi connectivity index (χ2v) is 10.0. The number of thiazole rings is 1. The molecule has 0 fully saturated rings. The van der Waals surface area contributed by atoms with Crippen LogP contribution in [0.3, 0.4) is 0 Å². The summed E-state index contributed by atoms with van der Waals surface area (Å²) in [7, 11) is 1.59. The van der Waals surface area contributed by atoms with Gasteiger partial charge in [0.15, 0.2) is 5.69 Å². The minimum Gasteiger partial charge on any atom is -0.460 e. The number of H-pyrrole nitrogens is 1. The van der Waals surface area contributed by atoms with Crippen LogP contribution >= 0.6 is 23.3 Å². The number of aromatic nitrogens is 3. The van der Waals surface area contributed by atoms with Gasteiger partial charge in [0.1, 0.15) is 5.60 Å². The third-order valence-electron chi connectivity index (χ3n) is 4.35. The zero-order valence-corrected chi connectivity index (χ0v) is 22.2. The van der Waals surface area contributed by atoms with Crippen LogP contribution < -0.4 is 10.3 Å². The van der Waals surface area contributed by atoms with Crippen LogP contribution in [0.15, 0.2) is 61.9 Å². The number of benzene rings is 1. The standard InChI is InChI=1S/C23H29N7O4S2/c1-23(2,3)34-17(31)10-13-33-14-11-26-36-22(24-4)30-20(32)19(27-28-21-25-12-15-35-21)18(29-30)16-8-6-5-7-9-16/h5-9,12,15,26,29H,10-11,13-14H2,1-4H3. The topological polar surface area (TPSA) is 135 Å². The molecule has 0 saturated carbocycles. The van der Waals surface area contributed by atoms with Gasteiger partial charge in [0.05, 0.1) is 25.3 Å². The lowest BCUT2D eigenvalue weighted by Crippen LogP contribution is -2.27. The molecule has 3 aromatic rings. The van der Waals surface area contributed by atoms with Crippen molar-refractivity contribution >= 4 is 45.2 Å². The van der Waals surface area contributed by atoms with Gasteiger partial charge in [-0.1, -0.05) is 30.3 Å². The number of aromatic amines is 1. The Bertz CT molecular complexity index is 1230. The highest BCUT2D eigenvalue weighted by Gasteiger charge is 2.19. The average molecular weight is 532 g/mol. The van der Waals surface area contributed by atoms with E-state index in [1.807, 2.05) is 51.1 Å². The Morgan fingerprint density at radius 3 is 2.67 bits per heavy atom. The Kier molecular flexibility index (Phi) is 10.1. The molecular weight excluding hydrogens is 502 g/mol. The van der Waals surface area contributed by atoms with Crippen LogP contribution in [-0.4, -0.2) is 58.3 Å². The van der Waals surface area contributed by atoms with Crippen molar-refractivity contribution in [3.63, 3.8) is 0 Å². The van der Waals surface area contributed by atoms with Crippen molar-refractivity contribution < 1.29 is 14.3 Å². The van der Waals surface area contributed by atoms with E-state index in [4.69, 9.17) is 9.47 Å². The van der Waals surface area contributed by atoms with Gasteiger partial charge >= 0.3 is 11.5 Å². The molecule has 0 aliphatic heterocycles. The molecule has 0 aliphatic rings. The van der Waals surface area contributed by atoms with E-state index in [2.05, 4.69) is 30.0 Å². The highest BCUT2D eigenvalue weighted by atomic mass is 32.2. The molecule has 13 heteroatoms. The Morgan fingerprint density at radius 1 is 1.22 bits per heavy atom. The van der Waals surface area contributed by atoms with Gasteiger partial charge in [-0.05, 0) is 32.7 Å². The summed E-state index contributed by atoms with van der Waals surface area (Å²) in [5.74, 6) is -0.298. The molecular formula is C23H29N7O4S2. The molecule has 2 N–H and O–H groups in total. The lowest BCUT2D eigenvalue weighted by molar-refractivity contribution is -0.156. The van der Waals surface area contributed by atoms with Crippen LogP contribution in [-0.2, 0) is 14.3 Å². The number of nitrogens with zero attached hydrogens (tertiary/aromatic N) is 5. The van der Waals surface area contributed by atoms with Crippen LogP contribution in [0, 0.1) is 0 Å². The number of esters is 1. The van der Waals surface area contributed by atoms with Gasteiger partial charge in [-0.25, -0.2) is 4.98 Å². The van der Waals surface area contributed by atoms with Crippen molar-refractivity contribution in [1.82, 2.24) is 19.5 Å². The number of carbonyl (C=O) groups is 1. The summed E-state index contributed by atoms with van der Waals surface area (Å²) in [5.41, 5.74) is 0.562. The van der Waals surface area contributed by atoms with E-state index in [-0.39, 0.29) is 24.7 Å². The molecule has 0 unspecified atom stereocenters. The number of aliphatic imine (C=N–C) groups is 1.